The van der Waals surface area contributed by atoms with Gasteiger partial charge in [-0.1, -0.05) is 0 Å². The van der Waals surface area contributed by atoms with Gasteiger partial charge in [-0.3, -0.25) is 6.92 Å². The van der Waals surface area contributed by atoms with Gasteiger partial charge in [-0.25, -0.2) is 0 Å². The third-order valence-electron chi connectivity index (χ3n) is 1.38. The van der Waals surface area contributed by atoms with Crippen LogP contribution in [0.3, 0.4) is 0 Å². The molecule has 0 rings (SSSR count). The van der Waals surface area contributed by atoms with E-state index >= 15 is 0 Å². The highest BCUT2D eigenvalue weighted by atomic mass is 14.1. The van der Waals surface area contributed by atoms with Crippen LogP contribution in [0.1, 0.15) is 27.2 Å². The molecule has 0 heteroatoms. The van der Waals surface area contributed by atoms with E-state index in [1.165, 1.54) is 5.92 Å². The maximum absolute atomic E-state index is 3.77. The maximum Gasteiger partial charge on any atom is 0.0914 e. The molecule has 0 N–H and O–H groups in total. The van der Waals surface area contributed by atoms with Gasteiger partial charge in [0.05, 0.1) is 18.8 Å². The molecule has 0 spiro atoms. The number of rotatable bonds is 2. The molecule has 0 aromatic heterocycles. The zero-order valence-corrected chi connectivity index (χ0v) is 5.49. The van der Waals surface area contributed by atoms with Crippen molar-refractivity contribution in [2.45, 2.75) is 27.2 Å². The van der Waals surface area contributed by atoms with E-state index in [0.29, 0.717) is 0 Å². The molecule has 0 radical (unpaired) electrons. The van der Waals surface area contributed by atoms with Gasteiger partial charge in [-0.15, -0.1) is 0 Å². The Bertz CT molecular complexity index is 37.3. The van der Waals surface area contributed by atoms with Gasteiger partial charge in [-0.2, -0.15) is 0 Å². The quantitative estimate of drug-likeness (QED) is 0.465. The second-order valence-electron chi connectivity index (χ2n) is 2.25. The lowest BCUT2D eigenvalue weighted by Gasteiger charge is -2.02. The molecule has 0 atom stereocenters. The van der Waals surface area contributed by atoms with E-state index < -0.39 is 0 Å². The molecule has 0 bridgehead atoms. The second kappa shape index (κ2) is 2.95. The van der Waals surface area contributed by atoms with Crippen molar-refractivity contribution in [2.75, 3.05) is 0 Å². The van der Waals surface area contributed by atoms with Gasteiger partial charge >= 0.3 is 0 Å². The van der Waals surface area contributed by atoms with Gasteiger partial charge in [-0.05, 0) is 20.3 Å². The Kier molecular flexibility index (Phi) is 2.89. The highest BCUT2D eigenvalue weighted by Gasteiger charge is 2.09. The van der Waals surface area contributed by atoms with E-state index in [9.17, 15) is 0 Å². The van der Waals surface area contributed by atoms with Gasteiger partial charge < -0.3 is 0 Å². The molecule has 0 aromatic carbocycles. The summed E-state index contributed by atoms with van der Waals surface area (Å²) in [6.07, 6.45) is 0.984. The number of hydrogen-bond donors (Lipinski definition) is 0. The monoisotopic (exact) mass is 98.1 g/mol. The molecular weight excluding hydrogens is 84.1 g/mol. The van der Waals surface area contributed by atoms with Crippen molar-refractivity contribution < 1.29 is 0 Å². The van der Waals surface area contributed by atoms with E-state index in [4.69, 9.17) is 0 Å². The molecule has 0 unspecified atom stereocenters. The summed E-state index contributed by atoms with van der Waals surface area (Å²) in [5.41, 5.74) is 0. The standard InChI is InChI=1S/C7H14/c1-5-7(4)6(2)3/h6H,1,5H2,2-4H3. The van der Waals surface area contributed by atoms with Crippen molar-refractivity contribution >= 4 is 0 Å². The fourth-order valence-electron chi connectivity index (χ4n) is 0.289. The van der Waals surface area contributed by atoms with Crippen LogP contribution < -0.4 is 0 Å². The largest absolute Gasteiger partial charge is 0.299 e. The van der Waals surface area contributed by atoms with Crippen molar-refractivity contribution in [3.05, 3.63) is 12.8 Å². The lowest BCUT2D eigenvalue weighted by molar-refractivity contribution is 0.641. The number of hydrogen-bond acceptors (Lipinski definition) is 0. The molecule has 0 saturated carbocycles. The highest BCUT2D eigenvalue weighted by molar-refractivity contribution is 4.87. The minimum absolute atomic E-state index is 0.720. The van der Waals surface area contributed by atoms with E-state index in [1.54, 1.807) is 0 Å². The van der Waals surface area contributed by atoms with Crippen LogP contribution in [0.4, 0.5) is 0 Å². The molecule has 0 amide bonds. The Morgan fingerprint density at radius 2 is 2.00 bits per heavy atom. The summed E-state index contributed by atoms with van der Waals surface area (Å²) >= 11 is 0. The molecule has 0 aliphatic heterocycles. The first-order chi connectivity index (χ1) is 3.18. The van der Waals surface area contributed by atoms with Crippen molar-refractivity contribution in [3.63, 3.8) is 0 Å². The topological polar surface area (TPSA) is 0 Å². The van der Waals surface area contributed by atoms with Crippen molar-refractivity contribution in [1.82, 2.24) is 0 Å². The molecule has 0 saturated heterocycles. The summed E-state index contributed by atoms with van der Waals surface area (Å²) in [5.74, 6) is 2.21. The van der Waals surface area contributed by atoms with Crippen LogP contribution in [0.15, 0.2) is 0 Å². The van der Waals surface area contributed by atoms with Crippen LogP contribution in [0, 0.1) is 18.8 Å². The summed E-state index contributed by atoms with van der Waals surface area (Å²) in [5, 5.41) is 0. The third kappa shape index (κ3) is 2.55. The predicted molar refractivity (Wildman–Crippen MR) is 33.7 cm³/mol. The summed E-state index contributed by atoms with van der Waals surface area (Å²) in [7, 11) is 0. The fourth-order valence-corrected chi connectivity index (χ4v) is 0.289. The molecule has 42 valence electrons. The van der Waals surface area contributed by atoms with Crippen molar-refractivity contribution in [2.24, 2.45) is 5.92 Å². The van der Waals surface area contributed by atoms with Gasteiger partial charge in [0.25, 0.3) is 0 Å². The Labute approximate surface area is 46.9 Å². The van der Waals surface area contributed by atoms with Gasteiger partial charge in [0.2, 0.25) is 0 Å². The minimum atomic E-state index is 0.720. The average Bonchev–Trinajstić information content (AvgIpc) is 1.65. The van der Waals surface area contributed by atoms with Crippen LogP contribution >= 0.6 is 0 Å². The van der Waals surface area contributed by atoms with Crippen LogP contribution in [0.5, 0.6) is 0 Å². The first-order valence-electron chi connectivity index (χ1n) is 2.80. The zero-order chi connectivity index (χ0) is 5.86. The Morgan fingerprint density at radius 3 is 2.00 bits per heavy atom. The Balaban J connectivity index is 3.14. The first kappa shape index (κ1) is 6.87. The van der Waals surface area contributed by atoms with Crippen LogP contribution in [0.2, 0.25) is 0 Å². The Morgan fingerprint density at radius 1 is 1.57 bits per heavy atom. The fraction of sp³-hybridized carbons (Fsp3) is 0.714. The average molecular weight is 98.2 g/mol. The smallest absolute Gasteiger partial charge is 0.0914 e. The molecule has 0 aliphatic carbocycles. The Hall–Kier alpha value is -0.130. The van der Waals surface area contributed by atoms with Crippen molar-refractivity contribution in [1.29, 1.82) is 0 Å². The summed E-state index contributed by atoms with van der Waals surface area (Å²) in [4.78, 5) is 0. The summed E-state index contributed by atoms with van der Waals surface area (Å²) in [6, 6.07) is 0. The summed E-state index contributed by atoms with van der Waals surface area (Å²) < 4.78 is 0. The van der Waals surface area contributed by atoms with Gasteiger partial charge in [0.1, 0.15) is 0 Å². The predicted octanol–water partition coefficient (Wildman–Crippen LogP) is 2.46. The lowest BCUT2D eigenvalue weighted by atomic mass is 9.96. The lowest BCUT2D eigenvalue weighted by Crippen LogP contribution is -1.97. The molecule has 0 fully saturated rings. The van der Waals surface area contributed by atoms with Crippen LogP contribution in [0.25, 0.3) is 0 Å². The molecule has 0 aromatic rings. The zero-order valence-electron chi connectivity index (χ0n) is 5.49. The molecule has 0 nitrogen and oxygen atoms in total. The maximum atomic E-state index is 3.77. The SMILES string of the molecule is [CH2-]C[C+](C)C(C)C. The molecule has 7 heavy (non-hydrogen) atoms. The van der Waals surface area contributed by atoms with Crippen molar-refractivity contribution in [3.8, 4) is 0 Å². The molecular formula is C7H14. The van der Waals surface area contributed by atoms with Gasteiger partial charge in [0, 0.05) is 0 Å². The van der Waals surface area contributed by atoms with Gasteiger partial charge in [0.15, 0.2) is 0 Å². The van der Waals surface area contributed by atoms with E-state index in [0.717, 1.165) is 12.3 Å². The molecule has 0 aliphatic rings. The van der Waals surface area contributed by atoms with Crippen LogP contribution in [-0.2, 0) is 0 Å². The van der Waals surface area contributed by atoms with E-state index in [-0.39, 0.29) is 0 Å². The normalized spacial score (nSPS) is 9.86. The molecule has 0 heterocycles. The van der Waals surface area contributed by atoms with E-state index in [2.05, 4.69) is 27.7 Å². The van der Waals surface area contributed by atoms with E-state index in [1.807, 2.05) is 0 Å². The third-order valence-corrected chi connectivity index (χ3v) is 1.38. The first-order valence-corrected chi connectivity index (χ1v) is 2.80. The summed E-state index contributed by atoms with van der Waals surface area (Å²) in [6.45, 7) is 10.3. The highest BCUT2D eigenvalue weighted by Crippen LogP contribution is 2.14. The second-order valence-corrected chi connectivity index (χ2v) is 2.25. The minimum Gasteiger partial charge on any atom is -0.299 e. The van der Waals surface area contributed by atoms with Crippen LogP contribution in [-0.4, -0.2) is 0 Å².